The number of carbonyl (C=O) groups excluding carboxylic acids is 2. The third-order valence-electron chi connectivity index (χ3n) is 4.29. The van der Waals surface area contributed by atoms with Crippen LogP contribution in [0.5, 0.6) is 0 Å². The third-order valence-corrected chi connectivity index (χ3v) is 6.72. The van der Waals surface area contributed by atoms with Gasteiger partial charge in [0, 0.05) is 22.3 Å². The Balaban J connectivity index is 1.77. The van der Waals surface area contributed by atoms with Crippen molar-refractivity contribution < 1.29 is 9.59 Å². The predicted molar refractivity (Wildman–Crippen MR) is 79.1 cm³/mol. The lowest BCUT2D eigenvalue weighted by Gasteiger charge is -2.12. The van der Waals surface area contributed by atoms with E-state index in [0.29, 0.717) is 21.4 Å². The molecule has 0 aromatic rings. The average Bonchev–Trinajstić information content (AvgIpc) is 2.96. The minimum absolute atomic E-state index is 0.220. The van der Waals surface area contributed by atoms with Crippen molar-refractivity contribution in [1.29, 1.82) is 0 Å². The summed E-state index contributed by atoms with van der Waals surface area (Å²) in [4.78, 5) is 23.5. The highest BCUT2D eigenvalue weighted by molar-refractivity contribution is 8.14. The van der Waals surface area contributed by atoms with Crippen molar-refractivity contribution in [3.63, 3.8) is 0 Å². The van der Waals surface area contributed by atoms with E-state index in [0.717, 1.165) is 32.1 Å². The van der Waals surface area contributed by atoms with E-state index in [4.69, 9.17) is 0 Å². The molecule has 4 heteroatoms. The second kappa shape index (κ2) is 6.47. The average molecular weight is 286 g/mol. The SMILES string of the molecule is CS[C@H]1CC[C@H](C(=O)S[C@H]2CC[C@H](C(C)=O)C2)C1. The fourth-order valence-electron chi connectivity index (χ4n) is 3.05. The summed E-state index contributed by atoms with van der Waals surface area (Å²) in [6.45, 7) is 1.68. The number of hydrogen-bond donors (Lipinski definition) is 0. The van der Waals surface area contributed by atoms with Gasteiger partial charge in [0.15, 0.2) is 5.12 Å². The second-order valence-corrected chi connectivity index (χ2v) is 7.99. The molecule has 0 saturated heterocycles. The molecule has 2 nitrogen and oxygen atoms in total. The monoisotopic (exact) mass is 286 g/mol. The Morgan fingerprint density at radius 1 is 0.944 bits per heavy atom. The molecule has 0 spiro atoms. The van der Waals surface area contributed by atoms with E-state index in [-0.39, 0.29) is 11.8 Å². The maximum absolute atomic E-state index is 12.2. The number of carbonyl (C=O) groups is 2. The summed E-state index contributed by atoms with van der Waals surface area (Å²) in [6.07, 6.45) is 8.41. The van der Waals surface area contributed by atoms with Crippen LogP contribution < -0.4 is 0 Å². The van der Waals surface area contributed by atoms with Crippen LogP contribution >= 0.6 is 23.5 Å². The van der Waals surface area contributed by atoms with Crippen molar-refractivity contribution >= 4 is 34.4 Å². The molecule has 2 rings (SSSR count). The Labute approximate surface area is 118 Å². The summed E-state index contributed by atoms with van der Waals surface area (Å²) in [7, 11) is 0. The van der Waals surface area contributed by atoms with E-state index in [1.807, 2.05) is 11.8 Å². The van der Waals surface area contributed by atoms with Crippen molar-refractivity contribution in [2.24, 2.45) is 11.8 Å². The Kier molecular flexibility index (Phi) is 5.19. The summed E-state index contributed by atoms with van der Waals surface area (Å²) >= 11 is 3.43. The van der Waals surface area contributed by atoms with Gasteiger partial charge in [-0.05, 0) is 51.7 Å². The van der Waals surface area contributed by atoms with Gasteiger partial charge in [-0.15, -0.1) is 0 Å². The molecule has 0 radical (unpaired) electrons. The summed E-state index contributed by atoms with van der Waals surface area (Å²) in [5, 5.41) is 1.48. The van der Waals surface area contributed by atoms with Gasteiger partial charge >= 0.3 is 0 Å². The van der Waals surface area contributed by atoms with E-state index in [1.165, 1.54) is 18.2 Å². The zero-order valence-corrected chi connectivity index (χ0v) is 12.8. The fraction of sp³-hybridized carbons (Fsp3) is 0.857. The van der Waals surface area contributed by atoms with E-state index in [1.54, 1.807) is 6.92 Å². The van der Waals surface area contributed by atoms with E-state index in [2.05, 4.69) is 6.26 Å². The maximum Gasteiger partial charge on any atom is 0.192 e. The van der Waals surface area contributed by atoms with Gasteiger partial charge in [-0.25, -0.2) is 0 Å². The highest BCUT2D eigenvalue weighted by Gasteiger charge is 2.34. The second-order valence-electron chi connectivity index (χ2n) is 5.55. The number of thioether (sulfide) groups is 2. The smallest absolute Gasteiger partial charge is 0.192 e. The van der Waals surface area contributed by atoms with Crippen LogP contribution in [-0.4, -0.2) is 27.7 Å². The van der Waals surface area contributed by atoms with Crippen LogP contribution in [0.4, 0.5) is 0 Å². The standard InChI is InChI=1S/C14H22O2S2/c1-9(15)10-3-6-13(7-10)18-14(16)11-4-5-12(8-11)17-2/h10-13H,3-8H2,1-2H3/t10-,11-,12-,13-/m0/s1. The molecule has 4 atom stereocenters. The van der Waals surface area contributed by atoms with E-state index >= 15 is 0 Å². The highest BCUT2D eigenvalue weighted by Crippen LogP contribution is 2.40. The maximum atomic E-state index is 12.2. The van der Waals surface area contributed by atoms with Gasteiger partial charge in [0.25, 0.3) is 0 Å². The molecule has 2 aliphatic carbocycles. The van der Waals surface area contributed by atoms with Crippen LogP contribution in [0.2, 0.25) is 0 Å². The van der Waals surface area contributed by atoms with Crippen LogP contribution in [-0.2, 0) is 9.59 Å². The zero-order valence-electron chi connectivity index (χ0n) is 11.2. The Morgan fingerprint density at radius 2 is 1.56 bits per heavy atom. The molecule has 0 bridgehead atoms. The minimum atomic E-state index is 0.220. The molecule has 18 heavy (non-hydrogen) atoms. The van der Waals surface area contributed by atoms with Crippen molar-refractivity contribution in [2.45, 2.75) is 55.9 Å². The molecular weight excluding hydrogens is 264 g/mol. The molecule has 0 amide bonds. The summed E-state index contributed by atoms with van der Waals surface area (Å²) in [6, 6.07) is 0. The molecule has 0 aromatic carbocycles. The largest absolute Gasteiger partial charge is 0.300 e. The van der Waals surface area contributed by atoms with Gasteiger partial charge < -0.3 is 0 Å². The van der Waals surface area contributed by atoms with Gasteiger partial charge in [-0.2, -0.15) is 11.8 Å². The van der Waals surface area contributed by atoms with Crippen molar-refractivity contribution in [2.75, 3.05) is 6.26 Å². The van der Waals surface area contributed by atoms with Gasteiger partial charge in [0.2, 0.25) is 0 Å². The first-order valence-electron chi connectivity index (χ1n) is 6.84. The molecule has 0 N–H and O–H groups in total. The minimum Gasteiger partial charge on any atom is -0.300 e. The van der Waals surface area contributed by atoms with Crippen LogP contribution in [0.15, 0.2) is 0 Å². The van der Waals surface area contributed by atoms with Gasteiger partial charge in [-0.3, -0.25) is 9.59 Å². The van der Waals surface area contributed by atoms with Gasteiger partial charge in [-0.1, -0.05) is 11.8 Å². The molecule has 2 saturated carbocycles. The van der Waals surface area contributed by atoms with Gasteiger partial charge in [0.1, 0.15) is 5.78 Å². The normalized spacial score (nSPS) is 35.9. The number of Topliss-reactive ketones (excluding diaryl/α,β-unsaturated/α-hetero) is 1. The van der Waals surface area contributed by atoms with Crippen LogP contribution in [0.1, 0.15) is 45.4 Å². The summed E-state index contributed by atoms with van der Waals surface area (Å²) in [5.74, 6) is 0.801. The molecule has 2 fully saturated rings. The number of rotatable bonds is 4. The molecule has 0 heterocycles. The van der Waals surface area contributed by atoms with E-state index < -0.39 is 0 Å². The van der Waals surface area contributed by atoms with Crippen LogP contribution in [0.3, 0.4) is 0 Å². The fourth-order valence-corrected chi connectivity index (χ4v) is 5.16. The first-order chi connectivity index (χ1) is 8.60. The Bertz CT molecular complexity index is 330. The Hall–Kier alpha value is 0.0400. The molecule has 0 unspecified atom stereocenters. The first kappa shape index (κ1) is 14.4. The molecule has 102 valence electrons. The number of ketones is 1. The number of hydrogen-bond acceptors (Lipinski definition) is 4. The van der Waals surface area contributed by atoms with Crippen molar-refractivity contribution in [1.82, 2.24) is 0 Å². The van der Waals surface area contributed by atoms with Crippen LogP contribution in [0, 0.1) is 11.8 Å². The molecule has 2 aliphatic rings. The van der Waals surface area contributed by atoms with Crippen LogP contribution in [0.25, 0.3) is 0 Å². The predicted octanol–water partition coefficient (Wildman–Crippen LogP) is 3.54. The third kappa shape index (κ3) is 3.53. The molecular formula is C14H22O2S2. The first-order valence-corrected chi connectivity index (χ1v) is 9.00. The topological polar surface area (TPSA) is 34.1 Å². The van der Waals surface area contributed by atoms with E-state index in [9.17, 15) is 9.59 Å². The molecule has 0 aromatic heterocycles. The lowest BCUT2D eigenvalue weighted by Crippen LogP contribution is -2.13. The van der Waals surface area contributed by atoms with Crippen molar-refractivity contribution in [3.05, 3.63) is 0 Å². The quantitative estimate of drug-likeness (QED) is 0.791. The lowest BCUT2D eigenvalue weighted by molar-refractivity contribution is -0.120. The Morgan fingerprint density at radius 3 is 2.11 bits per heavy atom. The van der Waals surface area contributed by atoms with Crippen molar-refractivity contribution in [3.8, 4) is 0 Å². The zero-order chi connectivity index (χ0) is 13.1. The summed E-state index contributed by atoms with van der Waals surface area (Å²) < 4.78 is 0. The van der Waals surface area contributed by atoms with Gasteiger partial charge in [0.05, 0.1) is 0 Å². The lowest BCUT2D eigenvalue weighted by atomic mass is 10.0. The molecule has 0 aliphatic heterocycles. The summed E-state index contributed by atoms with van der Waals surface area (Å²) in [5.41, 5.74) is 0. The highest BCUT2D eigenvalue weighted by atomic mass is 32.2.